The molecular weight excluding hydrogens is 345 g/mol. The Balaban J connectivity index is 1.34. The zero-order valence-electron chi connectivity index (χ0n) is 15.3. The molecule has 0 saturated carbocycles. The molecule has 0 spiro atoms. The summed E-state index contributed by atoms with van der Waals surface area (Å²) in [6, 6.07) is 16.5. The summed E-state index contributed by atoms with van der Waals surface area (Å²) in [5, 5.41) is 4.19. The van der Waals surface area contributed by atoms with E-state index in [1.54, 1.807) is 7.11 Å². The first-order chi connectivity index (χ1) is 13.2. The molecule has 0 amide bonds. The van der Waals surface area contributed by atoms with E-state index in [0.29, 0.717) is 0 Å². The van der Waals surface area contributed by atoms with Crippen LogP contribution < -0.4 is 9.64 Å². The average Bonchev–Trinajstić information content (AvgIpc) is 3.18. The fourth-order valence-electron chi connectivity index (χ4n) is 3.32. The first-order valence-corrected chi connectivity index (χ1v) is 9.04. The molecule has 1 aliphatic rings. The van der Waals surface area contributed by atoms with Crippen LogP contribution in [0.5, 0.6) is 5.75 Å². The first kappa shape index (κ1) is 17.5. The summed E-state index contributed by atoms with van der Waals surface area (Å²) in [7, 11) is 1.65. The second-order valence-electron chi connectivity index (χ2n) is 6.65. The Bertz CT molecular complexity index is 869. The Hall–Kier alpha value is -2.86. The smallest absolute Gasteiger partial charge is 0.151 e. The van der Waals surface area contributed by atoms with Crippen LogP contribution in [-0.2, 0) is 6.54 Å². The number of piperazine rings is 1. The van der Waals surface area contributed by atoms with E-state index in [4.69, 9.17) is 9.26 Å². The number of rotatable bonds is 5. The largest absolute Gasteiger partial charge is 0.497 e. The third kappa shape index (κ3) is 4.11. The summed E-state index contributed by atoms with van der Waals surface area (Å²) < 4.78 is 23.8. The molecule has 1 saturated heterocycles. The Labute approximate surface area is 157 Å². The minimum absolute atomic E-state index is 0.199. The molecule has 1 fully saturated rings. The van der Waals surface area contributed by atoms with Crippen LogP contribution >= 0.6 is 0 Å². The lowest BCUT2D eigenvalue weighted by atomic mass is 10.1. The van der Waals surface area contributed by atoms with Crippen LogP contribution in [0.15, 0.2) is 59.1 Å². The Morgan fingerprint density at radius 1 is 1.00 bits per heavy atom. The van der Waals surface area contributed by atoms with Gasteiger partial charge in [-0.1, -0.05) is 5.16 Å². The summed E-state index contributed by atoms with van der Waals surface area (Å²) in [6.45, 7) is 4.41. The average molecular weight is 367 g/mol. The minimum Gasteiger partial charge on any atom is -0.497 e. The fourth-order valence-corrected chi connectivity index (χ4v) is 3.32. The summed E-state index contributed by atoms with van der Waals surface area (Å²) in [5.41, 5.74) is 2.90. The van der Waals surface area contributed by atoms with Gasteiger partial charge in [-0.25, -0.2) is 4.39 Å². The zero-order chi connectivity index (χ0) is 18.6. The molecule has 0 bridgehead atoms. The Morgan fingerprint density at radius 2 is 1.70 bits per heavy atom. The van der Waals surface area contributed by atoms with Crippen LogP contribution in [0, 0.1) is 5.82 Å². The van der Waals surface area contributed by atoms with Gasteiger partial charge in [-0.2, -0.15) is 0 Å². The van der Waals surface area contributed by atoms with Gasteiger partial charge in [0.1, 0.15) is 17.3 Å². The molecule has 1 aromatic heterocycles. The number of hydrogen-bond acceptors (Lipinski definition) is 5. The molecular formula is C21H22FN3O2. The predicted octanol–water partition coefficient (Wildman–Crippen LogP) is 3.81. The molecule has 140 valence electrons. The van der Waals surface area contributed by atoms with Crippen molar-refractivity contribution in [1.29, 1.82) is 0 Å². The van der Waals surface area contributed by atoms with Gasteiger partial charge in [0.2, 0.25) is 0 Å². The van der Waals surface area contributed by atoms with Gasteiger partial charge in [0, 0.05) is 43.5 Å². The molecule has 4 rings (SSSR count). The van der Waals surface area contributed by atoms with Gasteiger partial charge in [-0.15, -0.1) is 0 Å². The summed E-state index contributed by atoms with van der Waals surface area (Å²) in [5.74, 6) is 1.48. The van der Waals surface area contributed by atoms with Crippen LogP contribution in [0.25, 0.3) is 11.3 Å². The van der Waals surface area contributed by atoms with Crippen LogP contribution in [0.4, 0.5) is 10.1 Å². The van der Waals surface area contributed by atoms with E-state index >= 15 is 0 Å². The van der Waals surface area contributed by atoms with E-state index in [2.05, 4.69) is 15.0 Å². The van der Waals surface area contributed by atoms with Crippen molar-refractivity contribution in [3.63, 3.8) is 0 Å². The number of halogens is 1. The lowest BCUT2D eigenvalue weighted by molar-refractivity contribution is 0.220. The van der Waals surface area contributed by atoms with E-state index in [1.807, 2.05) is 42.5 Å². The van der Waals surface area contributed by atoms with Crippen molar-refractivity contribution in [2.24, 2.45) is 0 Å². The van der Waals surface area contributed by atoms with Crippen molar-refractivity contribution in [1.82, 2.24) is 10.1 Å². The molecule has 6 heteroatoms. The molecule has 3 aromatic rings. The second kappa shape index (κ2) is 7.80. The van der Waals surface area contributed by atoms with E-state index < -0.39 is 0 Å². The molecule has 0 radical (unpaired) electrons. The zero-order valence-corrected chi connectivity index (χ0v) is 15.3. The highest BCUT2D eigenvalue weighted by Crippen LogP contribution is 2.23. The third-order valence-corrected chi connectivity index (χ3v) is 4.89. The maximum absolute atomic E-state index is 13.1. The topological polar surface area (TPSA) is 41.7 Å². The highest BCUT2D eigenvalue weighted by Gasteiger charge is 2.19. The van der Waals surface area contributed by atoms with Crippen molar-refractivity contribution in [2.45, 2.75) is 6.54 Å². The van der Waals surface area contributed by atoms with Crippen molar-refractivity contribution in [3.05, 3.63) is 66.2 Å². The predicted molar refractivity (Wildman–Crippen MR) is 102 cm³/mol. The van der Waals surface area contributed by atoms with Crippen LogP contribution in [-0.4, -0.2) is 43.3 Å². The standard InChI is InChI=1S/C21H22FN3O2/c1-26-19-8-2-16(3-9-19)21-14-20(27-23-21)15-24-10-12-25(13-11-24)18-6-4-17(22)5-7-18/h2-9,14H,10-13,15H2,1H3. The van der Waals surface area contributed by atoms with E-state index in [9.17, 15) is 4.39 Å². The number of hydrogen-bond donors (Lipinski definition) is 0. The normalized spacial score (nSPS) is 15.1. The highest BCUT2D eigenvalue weighted by atomic mass is 19.1. The Morgan fingerprint density at radius 3 is 2.37 bits per heavy atom. The van der Waals surface area contributed by atoms with Crippen molar-refractivity contribution < 1.29 is 13.7 Å². The third-order valence-electron chi connectivity index (χ3n) is 4.89. The van der Waals surface area contributed by atoms with Gasteiger partial charge in [0.05, 0.1) is 13.7 Å². The molecule has 0 unspecified atom stereocenters. The minimum atomic E-state index is -0.199. The van der Waals surface area contributed by atoms with E-state index in [1.165, 1.54) is 12.1 Å². The molecule has 0 aliphatic carbocycles. The van der Waals surface area contributed by atoms with Crippen LogP contribution in [0.1, 0.15) is 5.76 Å². The lowest BCUT2D eigenvalue weighted by Gasteiger charge is -2.35. The van der Waals surface area contributed by atoms with Crippen molar-refractivity contribution in [3.8, 4) is 17.0 Å². The van der Waals surface area contributed by atoms with Crippen molar-refractivity contribution in [2.75, 3.05) is 38.2 Å². The van der Waals surface area contributed by atoms with Gasteiger partial charge in [-0.3, -0.25) is 4.90 Å². The van der Waals surface area contributed by atoms with Gasteiger partial charge in [-0.05, 0) is 48.5 Å². The summed E-state index contributed by atoms with van der Waals surface area (Å²) in [4.78, 5) is 4.62. The number of nitrogens with zero attached hydrogens (tertiary/aromatic N) is 3. The van der Waals surface area contributed by atoms with Crippen molar-refractivity contribution >= 4 is 5.69 Å². The van der Waals surface area contributed by atoms with E-state index in [-0.39, 0.29) is 5.82 Å². The van der Waals surface area contributed by atoms with Crippen LogP contribution in [0.2, 0.25) is 0 Å². The van der Waals surface area contributed by atoms with E-state index in [0.717, 1.165) is 61.2 Å². The highest BCUT2D eigenvalue weighted by molar-refractivity contribution is 5.59. The molecule has 0 N–H and O–H groups in total. The van der Waals surface area contributed by atoms with Gasteiger partial charge >= 0.3 is 0 Å². The molecule has 1 aliphatic heterocycles. The first-order valence-electron chi connectivity index (χ1n) is 9.04. The summed E-state index contributed by atoms with van der Waals surface area (Å²) in [6.07, 6.45) is 0. The Kier molecular flexibility index (Phi) is 5.07. The molecule has 2 aromatic carbocycles. The molecule has 5 nitrogen and oxygen atoms in total. The number of methoxy groups -OCH3 is 1. The molecule has 2 heterocycles. The molecule has 27 heavy (non-hydrogen) atoms. The number of ether oxygens (including phenoxy) is 1. The number of anilines is 1. The van der Waals surface area contributed by atoms with Gasteiger partial charge < -0.3 is 14.2 Å². The quantitative estimate of drug-likeness (QED) is 0.686. The maximum Gasteiger partial charge on any atom is 0.151 e. The van der Waals surface area contributed by atoms with Crippen LogP contribution in [0.3, 0.4) is 0 Å². The summed E-state index contributed by atoms with van der Waals surface area (Å²) >= 11 is 0. The SMILES string of the molecule is COc1ccc(-c2cc(CN3CCN(c4ccc(F)cc4)CC3)on2)cc1. The maximum atomic E-state index is 13.1. The monoisotopic (exact) mass is 367 g/mol. The number of benzene rings is 2. The molecule has 0 atom stereocenters. The van der Waals surface area contributed by atoms with Gasteiger partial charge in [0.25, 0.3) is 0 Å². The van der Waals surface area contributed by atoms with Gasteiger partial charge in [0.15, 0.2) is 5.76 Å². The number of aromatic nitrogens is 1. The lowest BCUT2D eigenvalue weighted by Crippen LogP contribution is -2.45. The second-order valence-corrected chi connectivity index (χ2v) is 6.65. The fraction of sp³-hybridized carbons (Fsp3) is 0.286.